The second-order valence-corrected chi connectivity index (χ2v) is 5.22. The van der Waals surface area contributed by atoms with Crippen LogP contribution in [0, 0.1) is 6.92 Å². The van der Waals surface area contributed by atoms with Crippen LogP contribution in [-0.4, -0.2) is 34.3 Å². The summed E-state index contributed by atoms with van der Waals surface area (Å²) in [5.74, 6) is 0.587. The number of carbonyl (C=O) groups is 1. The number of pyridine rings is 1. The monoisotopic (exact) mass is 266 g/mol. The summed E-state index contributed by atoms with van der Waals surface area (Å²) in [5.41, 5.74) is 1.69. The zero-order valence-electron chi connectivity index (χ0n) is 10.7. The number of aromatic nitrogens is 1. The van der Waals surface area contributed by atoms with Crippen LogP contribution in [0.1, 0.15) is 41.6 Å². The lowest BCUT2D eigenvalue weighted by atomic mass is 10.1. The smallest absolute Gasteiger partial charge is 0.255 e. The van der Waals surface area contributed by atoms with Crippen molar-refractivity contribution in [1.82, 2.24) is 9.88 Å². The van der Waals surface area contributed by atoms with E-state index >= 15 is 0 Å². The highest BCUT2D eigenvalue weighted by molar-refractivity contribution is 6.18. The predicted octanol–water partition coefficient (Wildman–Crippen LogP) is 3.01. The van der Waals surface area contributed by atoms with E-state index < -0.39 is 0 Å². The van der Waals surface area contributed by atoms with Crippen LogP contribution < -0.4 is 0 Å². The lowest BCUT2D eigenvalue weighted by molar-refractivity contribution is 0.0700. The van der Waals surface area contributed by atoms with E-state index in [-0.39, 0.29) is 11.9 Å². The summed E-state index contributed by atoms with van der Waals surface area (Å²) in [7, 11) is 0. The van der Waals surface area contributed by atoms with Gasteiger partial charge in [0.15, 0.2) is 0 Å². The molecule has 1 atom stereocenters. The summed E-state index contributed by atoms with van der Waals surface area (Å²) in [6, 6.07) is 2.06. The molecule has 3 nitrogen and oxygen atoms in total. The van der Waals surface area contributed by atoms with Gasteiger partial charge in [0, 0.05) is 30.9 Å². The number of aryl methyl sites for hydroxylation is 1. The number of alkyl halides is 1. The summed E-state index contributed by atoms with van der Waals surface area (Å²) < 4.78 is 0. The largest absolute Gasteiger partial charge is 0.334 e. The Bertz CT molecular complexity index is 422. The maximum atomic E-state index is 12.5. The van der Waals surface area contributed by atoms with Gasteiger partial charge in [0.1, 0.15) is 0 Å². The van der Waals surface area contributed by atoms with Crippen LogP contribution in [-0.2, 0) is 0 Å². The lowest BCUT2D eigenvalue weighted by Crippen LogP contribution is -2.41. The van der Waals surface area contributed by atoms with E-state index in [1.54, 1.807) is 12.4 Å². The third-order valence-corrected chi connectivity index (χ3v) is 3.79. The Balaban J connectivity index is 2.19. The molecule has 1 fully saturated rings. The minimum Gasteiger partial charge on any atom is -0.334 e. The van der Waals surface area contributed by atoms with E-state index in [4.69, 9.17) is 11.6 Å². The summed E-state index contributed by atoms with van der Waals surface area (Å²) >= 11 is 6.00. The Morgan fingerprint density at radius 1 is 1.44 bits per heavy atom. The number of hydrogen-bond donors (Lipinski definition) is 0. The van der Waals surface area contributed by atoms with Crippen molar-refractivity contribution in [2.75, 3.05) is 12.4 Å². The number of amides is 1. The molecular weight excluding hydrogens is 248 g/mol. The highest BCUT2D eigenvalue weighted by Crippen LogP contribution is 2.20. The highest BCUT2D eigenvalue weighted by atomic mass is 35.5. The fraction of sp³-hybridized carbons (Fsp3) is 0.571. The molecule has 18 heavy (non-hydrogen) atoms. The molecule has 98 valence electrons. The molecule has 2 rings (SSSR count). The maximum absolute atomic E-state index is 12.5. The molecule has 0 N–H and O–H groups in total. The number of hydrogen-bond acceptors (Lipinski definition) is 2. The van der Waals surface area contributed by atoms with E-state index in [2.05, 4.69) is 4.98 Å². The fourth-order valence-electron chi connectivity index (χ4n) is 2.44. The Hall–Kier alpha value is -1.09. The first-order valence-electron chi connectivity index (χ1n) is 6.51. The fourth-order valence-corrected chi connectivity index (χ4v) is 2.76. The molecule has 4 heteroatoms. The molecule has 2 heterocycles. The average Bonchev–Trinajstić information content (AvgIpc) is 2.62. The van der Waals surface area contributed by atoms with Gasteiger partial charge in [0.25, 0.3) is 5.91 Å². The first-order chi connectivity index (χ1) is 8.72. The summed E-state index contributed by atoms with van der Waals surface area (Å²) in [6.07, 6.45) is 7.83. The predicted molar refractivity (Wildman–Crippen MR) is 73.0 cm³/mol. The molecule has 1 unspecified atom stereocenters. The van der Waals surface area contributed by atoms with Crippen molar-refractivity contribution in [3.63, 3.8) is 0 Å². The van der Waals surface area contributed by atoms with Gasteiger partial charge in [-0.3, -0.25) is 9.78 Å². The normalized spacial score (nSPS) is 20.6. The van der Waals surface area contributed by atoms with Crippen molar-refractivity contribution in [2.24, 2.45) is 0 Å². The van der Waals surface area contributed by atoms with Gasteiger partial charge in [-0.2, -0.15) is 0 Å². The van der Waals surface area contributed by atoms with Crippen LogP contribution in [0.15, 0.2) is 18.5 Å². The van der Waals surface area contributed by atoms with Crippen molar-refractivity contribution >= 4 is 17.5 Å². The van der Waals surface area contributed by atoms with E-state index in [9.17, 15) is 4.79 Å². The van der Waals surface area contributed by atoms with Crippen molar-refractivity contribution in [2.45, 2.75) is 38.6 Å². The maximum Gasteiger partial charge on any atom is 0.255 e. The van der Waals surface area contributed by atoms with Gasteiger partial charge < -0.3 is 4.90 Å². The van der Waals surface area contributed by atoms with Gasteiger partial charge in [0.2, 0.25) is 0 Å². The quantitative estimate of drug-likeness (QED) is 0.771. The molecule has 1 aliphatic rings. The zero-order chi connectivity index (χ0) is 13.0. The van der Waals surface area contributed by atoms with Gasteiger partial charge in [-0.25, -0.2) is 0 Å². The van der Waals surface area contributed by atoms with Crippen LogP contribution in [0.4, 0.5) is 0 Å². The standard InChI is InChI=1S/C14H19ClN2O/c1-11-7-12(10-16-9-11)14(18)17-6-4-2-3-5-13(17)8-15/h7,9-10,13H,2-6,8H2,1H3. The second kappa shape index (κ2) is 6.19. The van der Waals surface area contributed by atoms with E-state index in [0.29, 0.717) is 11.4 Å². The van der Waals surface area contributed by atoms with Crippen LogP contribution >= 0.6 is 11.6 Å². The average molecular weight is 267 g/mol. The molecule has 0 aliphatic carbocycles. The molecule has 0 spiro atoms. The van der Waals surface area contributed by atoms with E-state index in [0.717, 1.165) is 31.4 Å². The Kier molecular flexibility index (Phi) is 4.59. The molecule has 1 aromatic heterocycles. The SMILES string of the molecule is Cc1cncc(C(=O)N2CCCCCC2CCl)c1. The molecule has 0 saturated carbocycles. The van der Waals surface area contributed by atoms with E-state index in [1.807, 2.05) is 17.9 Å². The molecule has 0 bridgehead atoms. The highest BCUT2D eigenvalue weighted by Gasteiger charge is 2.25. The first-order valence-corrected chi connectivity index (χ1v) is 7.04. The molecule has 1 saturated heterocycles. The minimum absolute atomic E-state index is 0.0683. The zero-order valence-corrected chi connectivity index (χ0v) is 11.5. The van der Waals surface area contributed by atoms with Crippen molar-refractivity contribution < 1.29 is 4.79 Å². The Morgan fingerprint density at radius 3 is 3.00 bits per heavy atom. The molecule has 1 aliphatic heterocycles. The number of halogens is 1. The lowest BCUT2D eigenvalue weighted by Gasteiger charge is -2.28. The summed E-state index contributed by atoms with van der Waals surface area (Å²) in [5, 5.41) is 0. The van der Waals surface area contributed by atoms with Gasteiger partial charge in [-0.15, -0.1) is 11.6 Å². The number of carbonyl (C=O) groups excluding carboxylic acids is 1. The Morgan fingerprint density at radius 2 is 2.28 bits per heavy atom. The summed E-state index contributed by atoms with van der Waals surface area (Å²) in [4.78, 5) is 18.5. The molecule has 0 radical (unpaired) electrons. The number of nitrogens with zero attached hydrogens (tertiary/aromatic N) is 2. The minimum atomic E-state index is 0.0683. The second-order valence-electron chi connectivity index (χ2n) is 4.91. The van der Waals surface area contributed by atoms with Crippen LogP contribution in [0.2, 0.25) is 0 Å². The number of likely N-dealkylation sites (tertiary alicyclic amines) is 1. The van der Waals surface area contributed by atoms with Gasteiger partial charge in [0.05, 0.1) is 5.56 Å². The molecule has 1 aromatic rings. The summed E-state index contributed by atoms with van der Waals surface area (Å²) in [6.45, 7) is 2.76. The molecular formula is C14H19ClN2O. The van der Waals surface area contributed by atoms with Crippen LogP contribution in [0.25, 0.3) is 0 Å². The van der Waals surface area contributed by atoms with Crippen LogP contribution in [0.3, 0.4) is 0 Å². The van der Waals surface area contributed by atoms with Gasteiger partial charge in [-0.1, -0.05) is 12.8 Å². The van der Waals surface area contributed by atoms with E-state index in [1.165, 1.54) is 6.42 Å². The van der Waals surface area contributed by atoms with Crippen LogP contribution in [0.5, 0.6) is 0 Å². The van der Waals surface area contributed by atoms with Crippen molar-refractivity contribution in [1.29, 1.82) is 0 Å². The third-order valence-electron chi connectivity index (χ3n) is 3.44. The van der Waals surface area contributed by atoms with Gasteiger partial charge in [-0.05, 0) is 31.4 Å². The first kappa shape index (κ1) is 13.3. The molecule has 0 aromatic carbocycles. The van der Waals surface area contributed by atoms with Crippen molar-refractivity contribution in [3.8, 4) is 0 Å². The van der Waals surface area contributed by atoms with Gasteiger partial charge >= 0.3 is 0 Å². The molecule has 1 amide bonds. The van der Waals surface area contributed by atoms with Crippen molar-refractivity contribution in [3.05, 3.63) is 29.6 Å². The topological polar surface area (TPSA) is 33.2 Å². The Labute approximate surface area is 113 Å². The third kappa shape index (κ3) is 3.02. The number of rotatable bonds is 2.